The summed E-state index contributed by atoms with van der Waals surface area (Å²) in [6.45, 7) is 3.69. The second-order valence-corrected chi connectivity index (χ2v) is 4.34. The van der Waals surface area contributed by atoms with E-state index in [-0.39, 0.29) is 13.0 Å². The number of halogens is 1. The summed E-state index contributed by atoms with van der Waals surface area (Å²) in [5.74, 6) is -1.55. The topological polar surface area (TPSA) is 65.4 Å². The quantitative estimate of drug-likeness (QED) is 0.563. The lowest BCUT2D eigenvalue weighted by molar-refractivity contribution is -0.147. The summed E-state index contributed by atoms with van der Waals surface area (Å²) in [5, 5.41) is 0. The zero-order valence-corrected chi connectivity index (χ0v) is 11.6. The van der Waals surface area contributed by atoms with Crippen molar-refractivity contribution in [1.29, 1.82) is 0 Å². The van der Waals surface area contributed by atoms with Gasteiger partial charge in [0.1, 0.15) is 12.3 Å². The van der Waals surface area contributed by atoms with Crippen molar-refractivity contribution in [3.05, 3.63) is 34.0 Å². The molecule has 1 aromatic heterocycles. The first kappa shape index (κ1) is 16.1. The van der Waals surface area contributed by atoms with E-state index in [9.17, 15) is 18.8 Å². The van der Waals surface area contributed by atoms with Gasteiger partial charge < -0.3 is 9.53 Å². The highest BCUT2D eigenvalue weighted by Gasteiger charge is 2.23. The average Bonchev–Trinajstić information content (AvgIpc) is 2.41. The van der Waals surface area contributed by atoms with Crippen LogP contribution in [-0.2, 0) is 20.7 Å². The molecule has 0 saturated heterocycles. The molecule has 0 amide bonds. The van der Waals surface area contributed by atoms with E-state index in [1.807, 2.05) is 6.92 Å². The van der Waals surface area contributed by atoms with Gasteiger partial charge in [-0.3, -0.25) is 9.36 Å². The Kier molecular flexibility index (Phi) is 6.09. The summed E-state index contributed by atoms with van der Waals surface area (Å²) in [5.41, 5.74) is -0.534. The molecule has 0 fully saturated rings. The van der Waals surface area contributed by atoms with Crippen LogP contribution >= 0.6 is 0 Å². The first-order valence-corrected chi connectivity index (χ1v) is 6.55. The Bertz CT molecular complexity index is 538. The summed E-state index contributed by atoms with van der Waals surface area (Å²) < 4.78 is 19.6. The van der Waals surface area contributed by atoms with Crippen LogP contribution in [0.5, 0.6) is 0 Å². The Morgan fingerprint density at radius 3 is 2.75 bits per heavy atom. The fourth-order valence-corrected chi connectivity index (χ4v) is 1.94. The molecule has 1 unspecified atom stereocenters. The van der Waals surface area contributed by atoms with Crippen molar-refractivity contribution in [3.8, 4) is 0 Å². The van der Waals surface area contributed by atoms with Crippen LogP contribution in [0.1, 0.15) is 38.3 Å². The van der Waals surface area contributed by atoms with Gasteiger partial charge in [0.2, 0.25) is 0 Å². The summed E-state index contributed by atoms with van der Waals surface area (Å²) in [6.07, 6.45) is 2.94. The first-order chi connectivity index (χ1) is 9.54. The number of pyridine rings is 1. The predicted molar refractivity (Wildman–Crippen MR) is 71.0 cm³/mol. The van der Waals surface area contributed by atoms with E-state index in [4.69, 9.17) is 4.74 Å². The van der Waals surface area contributed by atoms with Crippen molar-refractivity contribution in [2.24, 2.45) is 0 Å². The van der Waals surface area contributed by atoms with Gasteiger partial charge in [0.15, 0.2) is 5.82 Å². The van der Waals surface area contributed by atoms with Crippen LogP contribution in [0.25, 0.3) is 0 Å². The smallest absolute Gasteiger partial charge is 0.329 e. The number of aldehydes is 1. The third-order valence-corrected chi connectivity index (χ3v) is 2.83. The van der Waals surface area contributed by atoms with Gasteiger partial charge in [0.25, 0.3) is 5.56 Å². The van der Waals surface area contributed by atoms with Gasteiger partial charge in [-0.1, -0.05) is 13.3 Å². The predicted octanol–water partition coefficient (Wildman–Crippen LogP) is 1.63. The normalized spacial score (nSPS) is 11.9. The highest BCUT2D eigenvalue weighted by Crippen LogP contribution is 2.15. The second kappa shape index (κ2) is 7.57. The maximum Gasteiger partial charge on any atom is 0.329 e. The number of esters is 1. The van der Waals surface area contributed by atoms with Crippen molar-refractivity contribution in [2.75, 3.05) is 6.61 Å². The minimum absolute atomic E-state index is 0.0150. The maximum atomic E-state index is 13.6. The molecular weight excluding hydrogens is 265 g/mol. The van der Waals surface area contributed by atoms with Gasteiger partial charge in [-0.2, -0.15) is 0 Å². The monoisotopic (exact) mass is 283 g/mol. The van der Waals surface area contributed by atoms with E-state index in [0.29, 0.717) is 24.7 Å². The molecule has 0 radical (unpaired) electrons. The molecule has 6 heteroatoms. The molecule has 20 heavy (non-hydrogen) atoms. The lowest BCUT2D eigenvalue weighted by Gasteiger charge is -2.18. The Balaban J connectivity index is 3.27. The molecule has 5 nitrogen and oxygen atoms in total. The van der Waals surface area contributed by atoms with E-state index < -0.39 is 23.4 Å². The highest BCUT2D eigenvalue weighted by atomic mass is 19.1. The average molecular weight is 283 g/mol. The van der Waals surface area contributed by atoms with Gasteiger partial charge in [-0.15, -0.1) is 0 Å². The molecule has 1 rings (SSSR count). The van der Waals surface area contributed by atoms with Crippen molar-refractivity contribution < 1.29 is 18.7 Å². The van der Waals surface area contributed by atoms with Crippen molar-refractivity contribution >= 4 is 12.3 Å². The largest absolute Gasteiger partial charge is 0.464 e. The van der Waals surface area contributed by atoms with Gasteiger partial charge in [0, 0.05) is 12.6 Å². The lowest BCUT2D eigenvalue weighted by atomic mass is 10.1. The van der Waals surface area contributed by atoms with E-state index in [1.54, 1.807) is 6.92 Å². The number of rotatable bonds is 7. The fourth-order valence-electron chi connectivity index (χ4n) is 1.94. The Morgan fingerprint density at radius 1 is 1.50 bits per heavy atom. The Labute approximate surface area is 116 Å². The summed E-state index contributed by atoms with van der Waals surface area (Å²) in [4.78, 5) is 34.2. The summed E-state index contributed by atoms with van der Waals surface area (Å²) in [6, 6.07) is 0.148. The van der Waals surface area contributed by atoms with E-state index in [0.717, 1.165) is 10.6 Å². The zero-order chi connectivity index (χ0) is 15.1. The Morgan fingerprint density at radius 2 is 2.20 bits per heavy atom. The molecule has 110 valence electrons. The number of carbonyl (C=O) groups excluding carboxylic acids is 2. The van der Waals surface area contributed by atoms with Gasteiger partial charge in [-0.25, -0.2) is 9.18 Å². The summed E-state index contributed by atoms with van der Waals surface area (Å²) in [7, 11) is 0. The molecule has 0 aliphatic heterocycles. The van der Waals surface area contributed by atoms with Gasteiger partial charge in [-0.05, 0) is 25.0 Å². The van der Waals surface area contributed by atoms with Crippen LogP contribution in [0.2, 0.25) is 0 Å². The number of nitrogens with zero attached hydrogens (tertiary/aromatic N) is 1. The molecule has 1 heterocycles. The van der Waals surface area contributed by atoms with Crippen LogP contribution < -0.4 is 5.56 Å². The number of aromatic nitrogens is 1. The van der Waals surface area contributed by atoms with Gasteiger partial charge >= 0.3 is 5.97 Å². The molecule has 0 N–H and O–H groups in total. The van der Waals surface area contributed by atoms with Crippen molar-refractivity contribution in [3.63, 3.8) is 0 Å². The molecule has 0 aliphatic carbocycles. The molecule has 0 bridgehead atoms. The van der Waals surface area contributed by atoms with Crippen LogP contribution in [-0.4, -0.2) is 23.4 Å². The number of hydrogen-bond acceptors (Lipinski definition) is 4. The SMILES string of the molecule is CCCC(C(=O)OCC)n1cc(CC=O)cc(F)c1=O. The van der Waals surface area contributed by atoms with E-state index in [1.165, 1.54) is 6.20 Å². The highest BCUT2D eigenvalue weighted by molar-refractivity contribution is 5.74. The summed E-state index contributed by atoms with van der Waals surface area (Å²) >= 11 is 0. The zero-order valence-electron chi connectivity index (χ0n) is 11.6. The Hall–Kier alpha value is -1.98. The third-order valence-electron chi connectivity index (χ3n) is 2.83. The van der Waals surface area contributed by atoms with Crippen LogP contribution in [0.3, 0.4) is 0 Å². The lowest BCUT2D eigenvalue weighted by Crippen LogP contribution is -2.32. The molecular formula is C14H18FNO4. The van der Waals surface area contributed by atoms with E-state index in [2.05, 4.69) is 0 Å². The molecule has 0 aromatic carbocycles. The standard InChI is InChI=1S/C14H18FNO4/c1-3-5-12(14(19)20-4-2)16-9-10(6-7-17)8-11(15)13(16)18/h7-9,12H,3-6H2,1-2H3. The van der Waals surface area contributed by atoms with Crippen LogP contribution in [0.4, 0.5) is 4.39 Å². The minimum atomic E-state index is -0.977. The minimum Gasteiger partial charge on any atom is -0.464 e. The van der Waals surface area contributed by atoms with E-state index >= 15 is 0 Å². The van der Waals surface area contributed by atoms with Crippen molar-refractivity contribution in [2.45, 2.75) is 39.2 Å². The maximum absolute atomic E-state index is 13.6. The van der Waals surface area contributed by atoms with Gasteiger partial charge in [0.05, 0.1) is 6.61 Å². The molecule has 1 aromatic rings. The number of ether oxygens (including phenoxy) is 1. The molecule has 0 spiro atoms. The molecule has 0 aliphatic rings. The number of hydrogen-bond donors (Lipinski definition) is 0. The van der Waals surface area contributed by atoms with Crippen LogP contribution in [0.15, 0.2) is 17.1 Å². The first-order valence-electron chi connectivity index (χ1n) is 6.55. The fraction of sp³-hybridized carbons (Fsp3) is 0.500. The molecule has 1 atom stereocenters. The van der Waals surface area contributed by atoms with Crippen molar-refractivity contribution in [1.82, 2.24) is 4.57 Å². The molecule has 0 saturated carbocycles. The van der Waals surface area contributed by atoms with Crippen LogP contribution in [0, 0.1) is 5.82 Å². The third kappa shape index (κ3) is 3.76. The number of carbonyl (C=O) groups is 2. The second-order valence-electron chi connectivity index (χ2n) is 4.34.